The number of benzene rings is 1. The van der Waals surface area contributed by atoms with Gasteiger partial charge in [-0.2, -0.15) is 0 Å². The average Bonchev–Trinajstić information content (AvgIpc) is 2.50. The van der Waals surface area contributed by atoms with E-state index >= 15 is 0 Å². The Morgan fingerprint density at radius 1 is 1.19 bits per heavy atom. The zero-order valence-electron chi connectivity index (χ0n) is 11.5. The van der Waals surface area contributed by atoms with Gasteiger partial charge in [-0.3, -0.25) is 9.20 Å². The molecule has 0 atom stereocenters. The molecule has 2 heterocycles. The van der Waals surface area contributed by atoms with Crippen LogP contribution >= 0.6 is 11.6 Å². The van der Waals surface area contributed by atoms with E-state index in [1.807, 2.05) is 37.3 Å². The fraction of sp³-hybridized carbons (Fsp3) is 0.125. The molecule has 0 aliphatic rings. The van der Waals surface area contributed by atoms with Crippen LogP contribution in [-0.2, 0) is 6.42 Å². The van der Waals surface area contributed by atoms with Crippen LogP contribution in [0.25, 0.3) is 5.65 Å². The Bertz CT molecular complexity index is 840. The summed E-state index contributed by atoms with van der Waals surface area (Å²) in [5.41, 5.74) is 2.09. The van der Waals surface area contributed by atoms with E-state index in [-0.39, 0.29) is 5.56 Å². The number of nitrogens with one attached hydrogen (secondary N) is 1. The molecule has 1 N–H and O–H groups in total. The van der Waals surface area contributed by atoms with E-state index in [0.29, 0.717) is 28.5 Å². The van der Waals surface area contributed by atoms with E-state index in [0.717, 1.165) is 5.69 Å². The van der Waals surface area contributed by atoms with Crippen molar-refractivity contribution in [2.75, 3.05) is 5.32 Å². The first kappa shape index (κ1) is 13.6. The predicted octanol–water partition coefficient (Wildman–Crippen LogP) is 3.65. The van der Waals surface area contributed by atoms with Gasteiger partial charge in [0.15, 0.2) is 0 Å². The molecule has 0 saturated heterocycles. The smallest absolute Gasteiger partial charge is 0.263 e. The average molecular weight is 300 g/mol. The summed E-state index contributed by atoms with van der Waals surface area (Å²) in [5.74, 6) is 0.594. The summed E-state index contributed by atoms with van der Waals surface area (Å²) < 4.78 is 1.56. The molecule has 0 aliphatic carbocycles. The monoisotopic (exact) mass is 299 g/mol. The molecule has 3 rings (SSSR count). The molecule has 0 fully saturated rings. The van der Waals surface area contributed by atoms with Gasteiger partial charge in [0, 0.05) is 16.9 Å². The van der Waals surface area contributed by atoms with Gasteiger partial charge in [-0.1, -0.05) is 24.6 Å². The third-order valence-corrected chi connectivity index (χ3v) is 3.54. The van der Waals surface area contributed by atoms with Gasteiger partial charge in [0.1, 0.15) is 11.5 Å². The van der Waals surface area contributed by atoms with Crippen LogP contribution in [0, 0.1) is 0 Å². The number of hydrogen-bond acceptors (Lipinski definition) is 3. The van der Waals surface area contributed by atoms with Crippen LogP contribution < -0.4 is 10.9 Å². The van der Waals surface area contributed by atoms with Crippen molar-refractivity contribution in [3.63, 3.8) is 0 Å². The fourth-order valence-electron chi connectivity index (χ4n) is 2.22. The normalized spacial score (nSPS) is 10.8. The summed E-state index contributed by atoms with van der Waals surface area (Å²) in [6, 6.07) is 12.8. The highest BCUT2D eigenvalue weighted by Gasteiger charge is 2.11. The first-order valence-electron chi connectivity index (χ1n) is 6.72. The highest BCUT2D eigenvalue weighted by molar-refractivity contribution is 6.30. The van der Waals surface area contributed by atoms with Gasteiger partial charge >= 0.3 is 0 Å². The maximum absolute atomic E-state index is 12.5. The lowest BCUT2D eigenvalue weighted by atomic mass is 10.2. The molecule has 4 nitrogen and oxygen atoms in total. The van der Waals surface area contributed by atoms with Gasteiger partial charge < -0.3 is 5.32 Å². The van der Waals surface area contributed by atoms with E-state index in [4.69, 9.17) is 11.6 Å². The van der Waals surface area contributed by atoms with Crippen molar-refractivity contribution >= 4 is 28.8 Å². The molecule has 0 bridgehead atoms. The first-order valence-corrected chi connectivity index (χ1v) is 7.09. The molecule has 1 aromatic carbocycles. The number of nitrogens with zero attached hydrogens (tertiary/aromatic N) is 2. The number of anilines is 2. The second-order valence-electron chi connectivity index (χ2n) is 4.66. The number of hydrogen-bond donors (Lipinski definition) is 1. The van der Waals surface area contributed by atoms with Crippen molar-refractivity contribution < 1.29 is 0 Å². The number of rotatable bonds is 3. The second-order valence-corrected chi connectivity index (χ2v) is 5.09. The van der Waals surface area contributed by atoms with Gasteiger partial charge in [-0.15, -0.1) is 0 Å². The zero-order valence-corrected chi connectivity index (χ0v) is 12.3. The molecule has 3 aromatic rings. The van der Waals surface area contributed by atoms with Crippen molar-refractivity contribution in [2.45, 2.75) is 13.3 Å². The molecule has 0 spiro atoms. The number of fused-ring (bicyclic) bond motifs is 1. The van der Waals surface area contributed by atoms with Crippen molar-refractivity contribution in [1.82, 2.24) is 9.38 Å². The molecule has 0 radical (unpaired) electrons. The largest absolute Gasteiger partial charge is 0.340 e. The van der Waals surface area contributed by atoms with E-state index in [2.05, 4.69) is 10.3 Å². The van der Waals surface area contributed by atoms with Crippen LogP contribution in [0.3, 0.4) is 0 Å². The van der Waals surface area contributed by atoms with E-state index in [1.165, 1.54) is 0 Å². The minimum atomic E-state index is -0.0421. The molecule has 0 saturated carbocycles. The van der Waals surface area contributed by atoms with Gasteiger partial charge in [0.05, 0.1) is 5.56 Å². The minimum absolute atomic E-state index is 0.0421. The van der Waals surface area contributed by atoms with Crippen LogP contribution in [0.4, 0.5) is 11.5 Å². The Balaban J connectivity index is 2.13. The molecule has 106 valence electrons. The Labute approximate surface area is 127 Å². The Morgan fingerprint density at radius 2 is 1.95 bits per heavy atom. The quantitative estimate of drug-likeness (QED) is 0.803. The zero-order chi connectivity index (χ0) is 14.8. The molecule has 0 amide bonds. The van der Waals surface area contributed by atoms with E-state index in [1.54, 1.807) is 22.7 Å². The molecule has 2 aromatic heterocycles. The van der Waals surface area contributed by atoms with Crippen molar-refractivity contribution in [3.8, 4) is 0 Å². The molecule has 21 heavy (non-hydrogen) atoms. The Morgan fingerprint density at radius 3 is 2.67 bits per heavy atom. The second kappa shape index (κ2) is 5.58. The number of halogens is 1. The third-order valence-electron chi connectivity index (χ3n) is 3.29. The van der Waals surface area contributed by atoms with Crippen LogP contribution in [0.5, 0.6) is 0 Å². The van der Waals surface area contributed by atoms with Gasteiger partial charge in [-0.25, -0.2) is 4.98 Å². The number of pyridine rings is 1. The number of aromatic nitrogens is 2. The van der Waals surface area contributed by atoms with Crippen LogP contribution in [0.15, 0.2) is 53.5 Å². The Kier molecular flexibility index (Phi) is 3.62. The lowest BCUT2D eigenvalue weighted by Crippen LogP contribution is -2.21. The lowest BCUT2D eigenvalue weighted by molar-refractivity contribution is 0.971. The molecule has 5 heteroatoms. The highest BCUT2D eigenvalue weighted by Crippen LogP contribution is 2.20. The van der Waals surface area contributed by atoms with Gasteiger partial charge in [-0.05, 0) is 42.8 Å². The van der Waals surface area contributed by atoms with Crippen molar-refractivity contribution in [2.24, 2.45) is 0 Å². The summed E-state index contributed by atoms with van der Waals surface area (Å²) in [7, 11) is 0. The summed E-state index contributed by atoms with van der Waals surface area (Å²) in [5, 5.41) is 3.87. The van der Waals surface area contributed by atoms with E-state index in [9.17, 15) is 4.79 Å². The maximum atomic E-state index is 12.5. The summed E-state index contributed by atoms with van der Waals surface area (Å²) in [6.07, 6.45) is 2.34. The SMILES string of the molecule is CCc1c(Nc2ccc(Cl)cc2)nc2ccccn2c1=O. The summed E-state index contributed by atoms with van der Waals surface area (Å²) >= 11 is 5.88. The van der Waals surface area contributed by atoms with Gasteiger partial charge in [0.2, 0.25) is 0 Å². The Hall–Kier alpha value is -2.33. The third kappa shape index (κ3) is 2.62. The van der Waals surface area contributed by atoms with Crippen molar-refractivity contribution in [3.05, 3.63) is 69.6 Å². The molecular weight excluding hydrogens is 286 g/mol. The fourth-order valence-corrected chi connectivity index (χ4v) is 2.34. The van der Waals surface area contributed by atoms with E-state index < -0.39 is 0 Å². The first-order chi connectivity index (χ1) is 10.2. The molecular formula is C16H14ClN3O. The lowest BCUT2D eigenvalue weighted by Gasteiger charge is -2.11. The standard InChI is InChI=1S/C16H14ClN3O/c1-2-13-15(18-12-8-6-11(17)7-9-12)19-14-5-3-4-10-20(14)16(13)21/h3-10,18H,2H2,1H3. The topological polar surface area (TPSA) is 46.4 Å². The van der Waals surface area contributed by atoms with Gasteiger partial charge in [0.25, 0.3) is 5.56 Å². The maximum Gasteiger partial charge on any atom is 0.263 e. The van der Waals surface area contributed by atoms with Crippen LogP contribution in [-0.4, -0.2) is 9.38 Å². The van der Waals surface area contributed by atoms with Crippen molar-refractivity contribution in [1.29, 1.82) is 0 Å². The van der Waals surface area contributed by atoms with Crippen LogP contribution in [0.1, 0.15) is 12.5 Å². The summed E-state index contributed by atoms with van der Waals surface area (Å²) in [4.78, 5) is 17.0. The predicted molar refractivity (Wildman–Crippen MR) is 85.6 cm³/mol. The minimum Gasteiger partial charge on any atom is -0.340 e. The molecule has 0 aliphatic heterocycles. The molecule has 0 unspecified atom stereocenters. The summed E-state index contributed by atoms with van der Waals surface area (Å²) in [6.45, 7) is 1.95. The highest BCUT2D eigenvalue weighted by atomic mass is 35.5. The van der Waals surface area contributed by atoms with Crippen LogP contribution in [0.2, 0.25) is 5.02 Å².